The predicted octanol–water partition coefficient (Wildman–Crippen LogP) is 3.86. The van der Waals surface area contributed by atoms with Crippen LogP contribution in [0.25, 0.3) is 0 Å². The highest BCUT2D eigenvalue weighted by Crippen LogP contribution is 2.37. The highest BCUT2D eigenvalue weighted by Gasteiger charge is 2.19. The van der Waals surface area contributed by atoms with Gasteiger partial charge in [-0.25, -0.2) is 4.39 Å². The van der Waals surface area contributed by atoms with Crippen LogP contribution in [0.4, 0.5) is 4.39 Å². The highest BCUT2D eigenvalue weighted by atomic mass is 79.9. The summed E-state index contributed by atoms with van der Waals surface area (Å²) in [7, 11) is 0. The maximum atomic E-state index is 12.9. The third-order valence-electron chi connectivity index (χ3n) is 2.46. The molecule has 1 fully saturated rings. The quantitative estimate of drug-likeness (QED) is 0.685. The van der Waals surface area contributed by atoms with Crippen LogP contribution in [0.15, 0.2) is 22.7 Å². The number of halogens is 2. The molecule has 1 saturated carbocycles. The van der Waals surface area contributed by atoms with Gasteiger partial charge in [-0.15, -0.1) is 0 Å². The van der Waals surface area contributed by atoms with E-state index in [1.165, 1.54) is 25.3 Å². The van der Waals surface area contributed by atoms with Gasteiger partial charge in [-0.2, -0.15) is 0 Å². The lowest BCUT2D eigenvalue weighted by molar-refractivity contribution is 0.418. The molecule has 0 radical (unpaired) electrons. The van der Waals surface area contributed by atoms with Gasteiger partial charge in [0.05, 0.1) is 0 Å². The molecule has 0 bridgehead atoms. The maximum Gasteiger partial charge on any atom is 0.124 e. The molecule has 0 aliphatic heterocycles. The van der Waals surface area contributed by atoms with E-state index in [2.05, 4.69) is 15.9 Å². The first-order chi connectivity index (χ1) is 5.75. The Kier molecular flexibility index (Phi) is 2.18. The average molecular weight is 229 g/mol. The van der Waals surface area contributed by atoms with Crippen LogP contribution in [0.1, 0.15) is 30.7 Å². The van der Waals surface area contributed by atoms with Gasteiger partial charge in [0.2, 0.25) is 0 Å². The normalized spacial score (nSPS) is 17.5. The zero-order chi connectivity index (χ0) is 8.55. The van der Waals surface area contributed by atoms with Crippen LogP contribution >= 0.6 is 15.9 Å². The maximum absolute atomic E-state index is 12.9. The predicted molar refractivity (Wildman–Crippen MR) is 50.7 cm³/mol. The molecule has 0 saturated heterocycles. The summed E-state index contributed by atoms with van der Waals surface area (Å²) in [5.74, 6) is 0.475. The minimum atomic E-state index is -0.133. The van der Waals surface area contributed by atoms with Crippen LogP contribution in [-0.2, 0) is 0 Å². The second-order valence-electron chi connectivity index (χ2n) is 3.33. The van der Waals surface area contributed by atoms with Crippen LogP contribution in [-0.4, -0.2) is 0 Å². The molecule has 0 aromatic heterocycles. The van der Waals surface area contributed by atoms with Gasteiger partial charge >= 0.3 is 0 Å². The summed E-state index contributed by atoms with van der Waals surface area (Å²) >= 11 is 3.29. The van der Waals surface area contributed by atoms with Crippen molar-refractivity contribution in [3.05, 3.63) is 34.1 Å². The zero-order valence-corrected chi connectivity index (χ0v) is 8.27. The molecular formula is C10H10BrF. The molecule has 1 aliphatic carbocycles. The van der Waals surface area contributed by atoms with Crippen molar-refractivity contribution in [3.8, 4) is 0 Å². The first kappa shape index (κ1) is 8.24. The van der Waals surface area contributed by atoms with Gasteiger partial charge in [0, 0.05) is 4.47 Å². The summed E-state index contributed by atoms with van der Waals surface area (Å²) in [4.78, 5) is 0. The average Bonchev–Trinajstić information content (AvgIpc) is 1.79. The number of hydrogen-bond acceptors (Lipinski definition) is 0. The second-order valence-corrected chi connectivity index (χ2v) is 4.25. The lowest BCUT2D eigenvalue weighted by Crippen LogP contribution is -2.08. The van der Waals surface area contributed by atoms with Crippen LogP contribution < -0.4 is 0 Å². The standard InChI is InChI=1S/C10H10BrF/c11-9-4-8(5-10(12)6-9)7-2-1-3-7/h4-7H,1-3H2. The van der Waals surface area contributed by atoms with Gasteiger partial charge in [0.1, 0.15) is 5.82 Å². The van der Waals surface area contributed by atoms with Crippen molar-refractivity contribution < 1.29 is 4.39 Å². The molecule has 0 spiro atoms. The van der Waals surface area contributed by atoms with Gasteiger partial charge in [-0.05, 0) is 42.5 Å². The molecule has 0 unspecified atom stereocenters. The van der Waals surface area contributed by atoms with Crippen molar-refractivity contribution >= 4 is 15.9 Å². The Morgan fingerprint density at radius 2 is 2.00 bits per heavy atom. The van der Waals surface area contributed by atoms with Crippen molar-refractivity contribution in [3.63, 3.8) is 0 Å². The van der Waals surface area contributed by atoms with Crippen molar-refractivity contribution in [2.24, 2.45) is 0 Å². The van der Waals surface area contributed by atoms with E-state index in [1.807, 2.05) is 6.07 Å². The first-order valence-corrected chi connectivity index (χ1v) is 5.01. The van der Waals surface area contributed by atoms with E-state index in [-0.39, 0.29) is 5.82 Å². The third-order valence-corrected chi connectivity index (χ3v) is 2.92. The Morgan fingerprint density at radius 3 is 2.50 bits per heavy atom. The smallest absolute Gasteiger partial charge is 0.124 e. The number of rotatable bonds is 1. The topological polar surface area (TPSA) is 0 Å². The fourth-order valence-corrected chi connectivity index (χ4v) is 2.04. The molecule has 0 N–H and O–H groups in total. The SMILES string of the molecule is Fc1cc(Br)cc(C2CCC2)c1. The van der Waals surface area contributed by atoms with E-state index < -0.39 is 0 Å². The van der Waals surface area contributed by atoms with E-state index in [9.17, 15) is 4.39 Å². The molecule has 64 valence electrons. The highest BCUT2D eigenvalue weighted by molar-refractivity contribution is 9.10. The van der Waals surface area contributed by atoms with Gasteiger partial charge in [0.25, 0.3) is 0 Å². The zero-order valence-electron chi connectivity index (χ0n) is 6.69. The van der Waals surface area contributed by atoms with E-state index in [4.69, 9.17) is 0 Å². The van der Waals surface area contributed by atoms with Gasteiger partial charge in [-0.1, -0.05) is 22.4 Å². The lowest BCUT2D eigenvalue weighted by Gasteiger charge is -2.25. The summed E-state index contributed by atoms with van der Waals surface area (Å²) in [6.07, 6.45) is 3.73. The summed E-state index contributed by atoms with van der Waals surface area (Å²) in [6.45, 7) is 0. The molecule has 1 aliphatic rings. The molecular weight excluding hydrogens is 219 g/mol. The molecule has 1 aromatic rings. The summed E-state index contributed by atoms with van der Waals surface area (Å²) in [5.41, 5.74) is 1.15. The Labute approximate surface area is 79.9 Å². The van der Waals surface area contributed by atoms with Crippen molar-refractivity contribution in [1.82, 2.24) is 0 Å². The van der Waals surface area contributed by atoms with E-state index in [1.54, 1.807) is 6.07 Å². The van der Waals surface area contributed by atoms with Crippen LogP contribution in [0, 0.1) is 5.82 Å². The van der Waals surface area contributed by atoms with Crippen molar-refractivity contribution in [2.45, 2.75) is 25.2 Å². The Hall–Kier alpha value is -0.370. The minimum Gasteiger partial charge on any atom is -0.207 e. The molecule has 1 aromatic carbocycles. The van der Waals surface area contributed by atoms with Gasteiger partial charge in [0.15, 0.2) is 0 Å². The first-order valence-electron chi connectivity index (χ1n) is 4.22. The van der Waals surface area contributed by atoms with Crippen LogP contribution in [0.2, 0.25) is 0 Å². The fourth-order valence-electron chi connectivity index (χ4n) is 1.55. The molecule has 2 heteroatoms. The molecule has 0 heterocycles. The molecule has 0 atom stereocenters. The second kappa shape index (κ2) is 3.17. The fraction of sp³-hybridized carbons (Fsp3) is 0.400. The number of hydrogen-bond donors (Lipinski definition) is 0. The molecule has 2 rings (SSSR count). The van der Waals surface area contributed by atoms with E-state index in [0.717, 1.165) is 10.0 Å². The minimum absolute atomic E-state index is 0.133. The Bertz CT molecular complexity index is 272. The van der Waals surface area contributed by atoms with Crippen LogP contribution in [0.3, 0.4) is 0 Å². The van der Waals surface area contributed by atoms with Crippen molar-refractivity contribution in [1.29, 1.82) is 0 Å². The largest absolute Gasteiger partial charge is 0.207 e. The van der Waals surface area contributed by atoms with Gasteiger partial charge < -0.3 is 0 Å². The van der Waals surface area contributed by atoms with Crippen molar-refractivity contribution in [2.75, 3.05) is 0 Å². The Morgan fingerprint density at radius 1 is 1.25 bits per heavy atom. The summed E-state index contributed by atoms with van der Waals surface area (Å²) in [6, 6.07) is 5.17. The lowest BCUT2D eigenvalue weighted by atomic mass is 9.80. The molecule has 0 amide bonds. The number of benzene rings is 1. The van der Waals surface area contributed by atoms with E-state index in [0.29, 0.717) is 5.92 Å². The molecule has 0 nitrogen and oxygen atoms in total. The Balaban J connectivity index is 2.30. The third kappa shape index (κ3) is 1.53. The van der Waals surface area contributed by atoms with E-state index >= 15 is 0 Å². The van der Waals surface area contributed by atoms with Gasteiger partial charge in [-0.3, -0.25) is 0 Å². The van der Waals surface area contributed by atoms with Crippen LogP contribution in [0.5, 0.6) is 0 Å². The monoisotopic (exact) mass is 228 g/mol. The summed E-state index contributed by atoms with van der Waals surface area (Å²) < 4.78 is 13.8. The molecule has 12 heavy (non-hydrogen) atoms. The summed E-state index contributed by atoms with van der Waals surface area (Å²) in [5, 5.41) is 0.